The molecule has 1 aliphatic rings. The molecule has 2 rings (SSSR count). The molecule has 4 nitrogen and oxygen atoms in total. The summed E-state index contributed by atoms with van der Waals surface area (Å²) in [6, 6.07) is 0. The van der Waals surface area contributed by atoms with Gasteiger partial charge in [-0.25, -0.2) is 4.98 Å². The van der Waals surface area contributed by atoms with Crippen LogP contribution >= 0.6 is 0 Å². The summed E-state index contributed by atoms with van der Waals surface area (Å²) < 4.78 is 7.47. The van der Waals surface area contributed by atoms with Crippen LogP contribution in [0.25, 0.3) is 0 Å². The fourth-order valence-corrected chi connectivity index (χ4v) is 2.07. The number of aryl methyl sites for hydroxylation is 1. The minimum atomic E-state index is -0.497. The molecule has 0 aliphatic carbocycles. The Morgan fingerprint density at radius 1 is 1.73 bits per heavy atom. The highest BCUT2D eigenvalue weighted by Crippen LogP contribution is 2.24. The fraction of sp³-hybridized carbons (Fsp3) is 0.727. The molecule has 1 N–H and O–H groups in total. The summed E-state index contributed by atoms with van der Waals surface area (Å²) in [5.41, 5.74) is 0. The van der Waals surface area contributed by atoms with Crippen LogP contribution < -0.4 is 0 Å². The van der Waals surface area contributed by atoms with E-state index in [1.165, 1.54) is 0 Å². The molecule has 1 fully saturated rings. The predicted octanol–water partition coefficient (Wildman–Crippen LogP) is 1.51. The molecule has 0 aromatic carbocycles. The molecule has 2 heterocycles. The number of hydrogen-bond acceptors (Lipinski definition) is 3. The third-order valence-electron chi connectivity index (χ3n) is 2.90. The number of aliphatic hydroxyl groups is 1. The Kier molecular flexibility index (Phi) is 3.38. The second-order valence-electron chi connectivity index (χ2n) is 3.96. The van der Waals surface area contributed by atoms with Crippen LogP contribution in [0.3, 0.4) is 0 Å². The van der Waals surface area contributed by atoms with Crippen molar-refractivity contribution >= 4 is 0 Å². The number of aliphatic hydroxyl groups excluding tert-OH is 1. The van der Waals surface area contributed by atoms with Crippen molar-refractivity contribution in [2.75, 3.05) is 6.61 Å². The second kappa shape index (κ2) is 4.77. The second-order valence-corrected chi connectivity index (χ2v) is 3.96. The average molecular weight is 210 g/mol. The summed E-state index contributed by atoms with van der Waals surface area (Å²) in [5, 5.41) is 10.0. The molecule has 1 aliphatic heterocycles. The molecule has 0 spiro atoms. The van der Waals surface area contributed by atoms with Gasteiger partial charge in [-0.1, -0.05) is 0 Å². The van der Waals surface area contributed by atoms with Crippen molar-refractivity contribution in [3.63, 3.8) is 0 Å². The Labute approximate surface area is 89.9 Å². The Balaban J connectivity index is 1.97. The molecule has 0 bridgehead atoms. The minimum Gasteiger partial charge on any atom is -0.385 e. The number of nitrogens with zero attached hydrogens (tertiary/aromatic N) is 2. The Morgan fingerprint density at radius 3 is 3.27 bits per heavy atom. The predicted molar refractivity (Wildman–Crippen MR) is 56.5 cm³/mol. The standard InChI is InChI=1S/C11H18N2O2/c1-2-13-6-5-12-11(13)10(14)8-9-4-3-7-15-9/h5-6,9-10,14H,2-4,7-8H2,1H3. The number of aromatic nitrogens is 2. The van der Waals surface area contributed by atoms with Gasteiger partial charge < -0.3 is 14.4 Å². The number of hydrogen-bond donors (Lipinski definition) is 1. The molecule has 0 saturated carbocycles. The topological polar surface area (TPSA) is 47.3 Å². The minimum absolute atomic E-state index is 0.210. The van der Waals surface area contributed by atoms with Gasteiger partial charge in [-0.15, -0.1) is 0 Å². The first-order valence-electron chi connectivity index (χ1n) is 5.62. The highest BCUT2D eigenvalue weighted by Gasteiger charge is 2.22. The van der Waals surface area contributed by atoms with Crippen molar-refractivity contribution < 1.29 is 9.84 Å². The molecule has 15 heavy (non-hydrogen) atoms. The van der Waals surface area contributed by atoms with E-state index < -0.39 is 6.10 Å². The van der Waals surface area contributed by atoms with Crippen LogP contribution in [0.15, 0.2) is 12.4 Å². The van der Waals surface area contributed by atoms with E-state index in [-0.39, 0.29) is 6.10 Å². The van der Waals surface area contributed by atoms with Crippen LogP contribution in [0, 0.1) is 0 Å². The SMILES string of the molecule is CCn1ccnc1C(O)CC1CCCO1. The Bertz CT molecular complexity index is 305. The Morgan fingerprint density at radius 2 is 2.60 bits per heavy atom. The number of rotatable bonds is 4. The summed E-state index contributed by atoms with van der Waals surface area (Å²) in [4.78, 5) is 4.19. The molecule has 84 valence electrons. The molecule has 1 aromatic rings. The lowest BCUT2D eigenvalue weighted by Gasteiger charge is -2.15. The summed E-state index contributed by atoms with van der Waals surface area (Å²) >= 11 is 0. The van der Waals surface area contributed by atoms with Crippen molar-refractivity contribution in [1.29, 1.82) is 0 Å². The van der Waals surface area contributed by atoms with E-state index in [4.69, 9.17) is 4.74 Å². The normalized spacial score (nSPS) is 23.2. The summed E-state index contributed by atoms with van der Waals surface area (Å²) in [6.07, 6.45) is 6.18. The van der Waals surface area contributed by atoms with Crippen LogP contribution in [0.4, 0.5) is 0 Å². The van der Waals surface area contributed by atoms with Gasteiger partial charge in [0, 0.05) is 32.0 Å². The zero-order chi connectivity index (χ0) is 10.7. The van der Waals surface area contributed by atoms with Gasteiger partial charge in [-0.2, -0.15) is 0 Å². The lowest BCUT2D eigenvalue weighted by Crippen LogP contribution is -2.15. The number of ether oxygens (including phenoxy) is 1. The van der Waals surface area contributed by atoms with E-state index in [9.17, 15) is 5.11 Å². The maximum absolute atomic E-state index is 10.0. The van der Waals surface area contributed by atoms with E-state index >= 15 is 0 Å². The van der Waals surface area contributed by atoms with Gasteiger partial charge in [0.15, 0.2) is 0 Å². The first-order valence-corrected chi connectivity index (χ1v) is 5.62. The molecule has 2 atom stereocenters. The molecule has 4 heteroatoms. The van der Waals surface area contributed by atoms with Gasteiger partial charge in [0.2, 0.25) is 0 Å². The van der Waals surface area contributed by atoms with Crippen molar-refractivity contribution in [3.05, 3.63) is 18.2 Å². The third kappa shape index (κ3) is 2.38. The lowest BCUT2D eigenvalue weighted by atomic mass is 10.1. The molecule has 0 radical (unpaired) electrons. The van der Waals surface area contributed by atoms with Crippen LogP contribution in [0.2, 0.25) is 0 Å². The van der Waals surface area contributed by atoms with Gasteiger partial charge in [-0.05, 0) is 19.8 Å². The van der Waals surface area contributed by atoms with Crippen molar-refractivity contribution in [1.82, 2.24) is 9.55 Å². The van der Waals surface area contributed by atoms with Crippen molar-refractivity contribution in [2.45, 2.75) is 44.9 Å². The summed E-state index contributed by atoms with van der Waals surface area (Å²) in [7, 11) is 0. The van der Waals surface area contributed by atoms with E-state index in [1.807, 2.05) is 17.7 Å². The molecule has 1 aromatic heterocycles. The van der Waals surface area contributed by atoms with Crippen LogP contribution in [0.5, 0.6) is 0 Å². The summed E-state index contributed by atoms with van der Waals surface area (Å²) in [6.45, 7) is 3.72. The van der Waals surface area contributed by atoms with Gasteiger partial charge in [0.1, 0.15) is 11.9 Å². The van der Waals surface area contributed by atoms with E-state index in [2.05, 4.69) is 4.98 Å². The van der Waals surface area contributed by atoms with Crippen molar-refractivity contribution in [2.24, 2.45) is 0 Å². The summed E-state index contributed by atoms with van der Waals surface area (Å²) in [5.74, 6) is 0.757. The largest absolute Gasteiger partial charge is 0.385 e. The maximum Gasteiger partial charge on any atom is 0.137 e. The van der Waals surface area contributed by atoms with Crippen LogP contribution in [-0.4, -0.2) is 27.4 Å². The van der Waals surface area contributed by atoms with Crippen LogP contribution in [-0.2, 0) is 11.3 Å². The first-order chi connectivity index (χ1) is 7.31. The zero-order valence-electron chi connectivity index (χ0n) is 9.09. The fourth-order valence-electron chi connectivity index (χ4n) is 2.07. The first kappa shape index (κ1) is 10.6. The smallest absolute Gasteiger partial charge is 0.137 e. The van der Waals surface area contributed by atoms with Gasteiger partial charge in [0.25, 0.3) is 0 Å². The molecule has 2 unspecified atom stereocenters. The molecule has 0 amide bonds. The molecular weight excluding hydrogens is 192 g/mol. The van der Waals surface area contributed by atoms with Gasteiger partial charge >= 0.3 is 0 Å². The monoisotopic (exact) mass is 210 g/mol. The highest BCUT2D eigenvalue weighted by atomic mass is 16.5. The third-order valence-corrected chi connectivity index (χ3v) is 2.90. The zero-order valence-corrected chi connectivity index (χ0v) is 9.09. The quantitative estimate of drug-likeness (QED) is 0.819. The van der Waals surface area contributed by atoms with Gasteiger partial charge in [-0.3, -0.25) is 0 Å². The average Bonchev–Trinajstić information content (AvgIpc) is 2.86. The number of imidazole rings is 1. The van der Waals surface area contributed by atoms with Gasteiger partial charge in [0.05, 0.1) is 6.10 Å². The maximum atomic E-state index is 10.0. The highest BCUT2D eigenvalue weighted by molar-refractivity contribution is 4.97. The van der Waals surface area contributed by atoms with E-state index in [1.54, 1.807) is 6.20 Å². The molecule has 1 saturated heterocycles. The van der Waals surface area contributed by atoms with Crippen molar-refractivity contribution in [3.8, 4) is 0 Å². The van der Waals surface area contributed by atoms with E-state index in [0.717, 1.165) is 31.8 Å². The lowest BCUT2D eigenvalue weighted by molar-refractivity contribution is 0.0488. The molecular formula is C11H18N2O2. The van der Waals surface area contributed by atoms with Crippen LogP contribution in [0.1, 0.15) is 38.1 Å². The Hall–Kier alpha value is -0.870. The van der Waals surface area contributed by atoms with E-state index in [0.29, 0.717) is 6.42 Å².